The van der Waals surface area contributed by atoms with Crippen LogP contribution in [0.15, 0.2) is 41.2 Å². The van der Waals surface area contributed by atoms with E-state index < -0.39 is 0 Å². The number of carbonyl (C=O) groups excluding carboxylic acids is 1. The molecule has 0 fully saturated rings. The number of nitrogens with zero attached hydrogens (tertiary/aromatic N) is 1. The predicted molar refractivity (Wildman–Crippen MR) is 105 cm³/mol. The van der Waals surface area contributed by atoms with Crippen molar-refractivity contribution in [2.24, 2.45) is 5.92 Å². The lowest BCUT2D eigenvalue weighted by atomic mass is 10.0. The van der Waals surface area contributed by atoms with Gasteiger partial charge < -0.3 is 14.0 Å². The Bertz CT molecular complexity index is 1140. The number of hydrogen-bond acceptors (Lipinski definition) is 4. The van der Waals surface area contributed by atoms with Crippen LogP contribution in [0.3, 0.4) is 0 Å². The molecule has 1 aromatic heterocycles. The zero-order chi connectivity index (χ0) is 19.3. The Morgan fingerprint density at radius 1 is 0.963 bits per heavy atom. The topological polar surface area (TPSA) is 57.5 Å². The molecule has 0 radical (unpaired) electrons. The van der Waals surface area contributed by atoms with Gasteiger partial charge in [-0.05, 0) is 18.1 Å². The Morgan fingerprint density at radius 3 is 2.30 bits per heavy atom. The molecule has 138 valence electrons. The van der Waals surface area contributed by atoms with E-state index in [0.717, 1.165) is 5.56 Å². The van der Waals surface area contributed by atoms with Crippen LogP contribution in [0.4, 0.5) is 0 Å². The molecule has 0 saturated heterocycles. The highest BCUT2D eigenvalue weighted by Gasteiger charge is 2.33. The molecular formula is C22H21NO4. The van der Waals surface area contributed by atoms with Gasteiger partial charge in [0.15, 0.2) is 17.3 Å². The fourth-order valence-electron chi connectivity index (χ4n) is 3.92. The first-order valence-electron chi connectivity index (χ1n) is 8.95. The van der Waals surface area contributed by atoms with Crippen LogP contribution < -0.4 is 15.0 Å². The summed E-state index contributed by atoms with van der Waals surface area (Å²) in [5.74, 6) is 1.02. The molecule has 5 nitrogen and oxygen atoms in total. The molecule has 4 rings (SSSR count). The lowest BCUT2D eigenvalue weighted by Gasteiger charge is -2.18. The molecule has 1 aliphatic rings. The van der Waals surface area contributed by atoms with Crippen molar-refractivity contribution in [2.75, 3.05) is 14.2 Å². The van der Waals surface area contributed by atoms with E-state index >= 15 is 0 Å². The number of aromatic nitrogens is 1. The monoisotopic (exact) mass is 363 g/mol. The summed E-state index contributed by atoms with van der Waals surface area (Å²) in [5, 5.41) is 0.992. The molecule has 0 spiro atoms. The fourth-order valence-corrected chi connectivity index (χ4v) is 3.92. The number of fused-ring (bicyclic) bond motifs is 5. The van der Waals surface area contributed by atoms with Gasteiger partial charge in [0.2, 0.25) is 0 Å². The maximum absolute atomic E-state index is 13.5. The van der Waals surface area contributed by atoms with Gasteiger partial charge in [0.25, 0.3) is 5.56 Å². The first-order valence-corrected chi connectivity index (χ1v) is 8.95. The van der Waals surface area contributed by atoms with Crippen LogP contribution >= 0.6 is 0 Å². The Hall–Kier alpha value is -3.08. The van der Waals surface area contributed by atoms with Gasteiger partial charge in [-0.15, -0.1) is 0 Å². The maximum Gasteiger partial charge on any atom is 0.262 e. The molecule has 2 aromatic carbocycles. The summed E-state index contributed by atoms with van der Waals surface area (Å²) in [6.07, 6.45) is 0. The predicted octanol–water partition coefficient (Wildman–Crippen LogP) is 3.89. The number of pyridine rings is 1. The second kappa shape index (κ2) is 6.27. The number of rotatable bonds is 4. The molecule has 3 aromatic rings. The summed E-state index contributed by atoms with van der Waals surface area (Å²) >= 11 is 0. The van der Waals surface area contributed by atoms with Gasteiger partial charge in [-0.1, -0.05) is 38.1 Å². The lowest BCUT2D eigenvalue weighted by Crippen LogP contribution is -2.25. The second-order valence-corrected chi connectivity index (χ2v) is 7.13. The zero-order valence-electron chi connectivity index (χ0n) is 15.8. The minimum atomic E-state index is -0.169. The van der Waals surface area contributed by atoms with E-state index in [2.05, 4.69) is 13.8 Å². The Labute approximate surface area is 157 Å². The second-order valence-electron chi connectivity index (χ2n) is 7.13. The average Bonchev–Trinajstić information content (AvgIpc) is 2.96. The molecule has 0 N–H and O–H groups in total. The van der Waals surface area contributed by atoms with Crippen molar-refractivity contribution in [3.8, 4) is 22.8 Å². The Morgan fingerprint density at radius 2 is 1.67 bits per heavy atom. The maximum atomic E-state index is 13.5. The molecule has 27 heavy (non-hydrogen) atoms. The first-order chi connectivity index (χ1) is 13.0. The van der Waals surface area contributed by atoms with Crippen molar-refractivity contribution < 1.29 is 14.3 Å². The summed E-state index contributed by atoms with van der Waals surface area (Å²) < 4.78 is 12.6. The fraction of sp³-hybridized carbons (Fsp3) is 0.273. The van der Waals surface area contributed by atoms with Crippen molar-refractivity contribution in [1.29, 1.82) is 0 Å². The highest BCUT2D eigenvalue weighted by Crippen LogP contribution is 2.43. The quantitative estimate of drug-likeness (QED) is 0.552. The van der Waals surface area contributed by atoms with Crippen LogP contribution in [0, 0.1) is 5.92 Å². The van der Waals surface area contributed by atoms with Gasteiger partial charge >= 0.3 is 0 Å². The molecule has 0 aliphatic heterocycles. The zero-order valence-corrected chi connectivity index (χ0v) is 15.8. The van der Waals surface area contributed by atoms with Gasteiger partial charge in [0.1, 0.15) is 0 Å². The smallest absolute Gasteiger partial charge is 0.262 e. The first kappa shape index (κ1) is 17.3. The number of benzene rings is 2. The van der Waals surface area contributed by atoms with Crippen molar-refractivity contribution in [3.05, 3.63) is 57.9 Å². The standard InChI is InChI=1S/C22H21NO4/c1-12(2)11-23-19-13-7-5-6-8-14(13)20(24)17(19)15-9-10-16(26-3)21(27-4)18(15)22(23)25/h5-10,12H,11H2,1-4H3. The molecule has 0 saturated carbocycles. The minimum absolute atomic E-state index is 0.0599. The molecule has 5 heteroatoms. The van der Waals surface area contributed by atoms with Gasteiger partial charge in [0, 0.05) is 23.1 Å². The van der Waals surface area contributed by atoms with E-state index in [9.17, 15) is 9.59 Å². The summed E-state index contributed by atoms with van der Waals surface area (Å²) in [7, 11) is 3.04. The molecule has 0 atom stereocenters. The summed E-state index contributed by atoms with van der Waals surface area (Å²) in [5.41, 5.74) is 2.54. The van der Waals surface area contributed by atoms with Crippen LogP contribution in [0.25, 0.3) is 22.0 Å². The van der Waals surface area contributed by atoms with E-state index in [-0.39, 0.29) is 17.3 Å². The SMILES string of the molecule is COc1ccc2c3c(n(CC(C)C)c(=O)c2c1OC)-c1ccccc1C3=O. The van der Waals surface area contributed by atoms with Crippen molar-refractivity contribution in [1.82, 2.24) is 4.57 Å². The van der Waals surface area contributed by atoms with Crippen LogP contribution in [0.2, 0.25) is 0 Å². The van der Waals surface area contributed by atoms with Crippen LogP contribution in [0.1, 0.15) is 29.8 Å². The molecular weight excluding hydrogens is 342 g/mol. The summed E-state index contributed by atoms with van der Waals surface area (Å²) in [4.78, 5) is 26.7. The van der Waals surface area contributed by atoms with Crippen molar-refractivity contribution in [2.45, 2.75) is 20.4 Å². The number of carbonyl (C=O) groups is 1. The molecule has 0 unspecified atom stereocenters. The van der Waals surface area contributed by atoms with Crippen LogP contribution in [0.5, 0.6) is 11.5 Å². The van der Waals surface area contributed by atoms with E-state index in [0.29, 0.717) is 45.6 Å². The van der Waals surface area contributed by atoms with Gasteiger partial charge in [0.05, 0.1) is 30.9 Å². The number of hydrogen-bond donors (Lipinski definition) is 0. The Kier molecular flexibility index (Phi) is 4.02. The number of ketones is 1. The number of methoxy groups -OCH3 is 2. The third-order valence-corrected chi connectivity index (χ3v) is 4.98. The van der Waals surface area contributed by atoms with Gasteiger partial charge in [-0.2, -0.15) is 0 Å². The lowest BCUT2D eigenvalue weighted by molar-refractivity contribution is 0.104. The van der Waals surface area contributed by atoms with Crippen molar-refractivity contribution >= 4 is 16.6 Å². The third kappa shape index (κ3) is 2.38. The van der Waals surface area contributed by atoms with E-state index in [1.54, 1.807) is 16.7 Å². The van der Waals surface area contributed by atoms with Gasteiger partial charge in [-0.3, -0.25) is 9.59 Å². The minimum Gasteiger partial charge on any atom is -0.493 e. The van der Waals surface area contributed by atoms with E-state index in [1.165, 1.54) is 14.2 Å². The number of ether oxygens (including phenoxy) is 2. The van der Waals surface area contributed by atoms with Crippen LogP contribution in [-0.4, -0.2) is 24.6 Å². The average molecular weight is 363 g/mol. The normalized spacial score (nSPS) is 12.4. The van der Waals surface area contributed by atoms with Gasteiger partial charge in [-0.25, -0.2) is 0 Å². The van der Waals surface area contributed by atoms with E-state index in [1.807, 2.05) is 24.3 Å². The molecule has 1 aliphatic carbocycles. The highest BCUT2D eigenvalue weighted by molar-refractivity contribution is 6.27. The van der Waals surface area contributed by atoms with E-state index in [4.69, 9.17) is 9.47 Å². The van der Waals surface area contributed by atoms with Crippen LogP contribution in [-0.2, 0) is 6.54 Å². The van der Waals surface area contributed by atoms with Crippen molar-refractivity contribution in [3.63, 3.8) is 0 Å². The Balaban J connectivity index is 2.23. The third-order valence-electron chi connectivity index (χ3n) is 4.98. The highest BCUT2D eigenvalue weighted by atomic mass is 16.5. The molecule has 0 bridgehead atoms. The largest absolute Gasteiger partial charge is 0.493 e. The summed E-state index contributed by atoms with van der Waals surface area (Å²) in [6.45, 7) is 4.61. The molecule has 0 amide bonds. The molecule has 1 heterocycles. The summed E-state index contributed by atoms with van der Waals surface area (Å²) in [6, 6.07) is 11.0.